The molecule has 1 saturated heterocycles. The van der Waals surface area contributed by atoms with Crippen LogP contribution in [0.15, 0.2) is 24.3 Å². The minimum absolute atomic E-state index is 0.565. The number of anilines is 2. The van der Waals surface area contributed by atoms with E-state index in [4.69, 9.17) is 0 Å². The summed E-state index contributed by atoms with van der Waals surface area (Å²) in [4.78, 5) is 2.15. The Balaban J connectivity index is 2.07. The molecule has 3 nitrogen and oxygen atoms in total. The Morgan fingerprint density at radius 2 is 2.12 bits per heavy atom. The SMILES string of the molecule is CN(C)c1ccccc1NC1CCCNC1. The van der Waals surface area contributed by atoms with Crippen LogP contribution in [0.1, 0.15) is 12.8 Å². The summed E-state index contributed by atoms with van der Waals surface area (Å²) in [6.07, 6.45) is 2.52. The molecule has 0 radical (unpaired) electrons. The van der Waals surface area contributed by atoms with E-state index in [1.165, 1.54) is 24.2 Å². The van der Waals surface area contributed by atoms with E-state index >= 15 is 0 Å². The number of benzene rings is 1. The number of piperidine rings is 1. The van der Waals surface area contributed by atoms with Gasteiger partial charge in [-0.15, -0.1) is 0 Å². The second-order valence-electron chi connectivity index (χ2n) is 4.60. The van der Waals surface area contributed by atoms with Crippen LogP contribution in [-0.4, -0.2) is 33.2 Å². The van der Waals surface area contributed by atoms with E-state index in [1.807, 2.05) is 0 Å². The molecule has 0 spiro atoms. The Bertz CT molecular complexity index is 330. The predicted molar refractivity (Wildman–Crippen MR) is 70.3 cm³/mol. The van der Waals surface area contributed by atoms with Crippen molar-refractivity contribution in [2.75, 3.05) is 37.4 Å². The van der Waals surface area contributed by atoms with Gasteiger partial charge in [0.1, 0.15) is 0 Å². The molecule has 0 aromatic heterocycles. The van der Waals surface area contributed by atoms with E-state index in [2.05, 4.69) is 53.9 Å². The molecule has 2 rings (SSSR count). The molecule has 88 valence electrons. The van der Waals surface area contributed by atoms with Gasteiger partial charge in [-0.3, -0.25) is 0 Å². The largest absolute Gasteiger partial charge is 0.379 e. The molecule has 0 saturated carbocycles. The lowest BCUT2D eigenvalue weighted by Gasteiger charge is -2.27. The van der Waals surface area contributed by atoms with Crippen LogP contribution in [-0.2, 0) is 0 Å². The molecule has 2 N–H and O–H groups in total. The summed E-state index contributed by atoms with van der Waals surface area (Å²) in [6.45, 7) is 2.23. The number of nitrogens with one attached hydrogen (secondary N) is 2. The fraction of sp³-hybridized carbons (Fsp3) is 0.538. The van der Waals surface area contributed by atoms with Gasteiger partial charge in [-0.1, -0.05) is 12.1 Å². The third-order valence-corrected chi connectivity index (χ3v) is 3.04. The van der Waals surface area contributed by atoms with Crippen molar-refractivity contribution in [1.82, 2.24) is 5.32 Å². The topological polar surface area (TPSA) is 27.3 Å². The standard InChI is InChI=1S/C13H21N3/c1-16(2)13-8-4-3-7-12(13)15-11-6-5-9-14-10-11/h3-4,7-8,11,14-15H,5-6,9-10H2,1-2H3. The molecule has 1 heterocycles. The van der Waals surface area contributed by atoms with Crippen LogP contribution >= 0.6 is 0 Å². The minimum Gasteiger partial charge on any atom is -0.379 e. The van der Waals surface area contributed by atoms with E-state index in [0.29, 0.717) is 6.04 Å². The first-order valence-corrected chi connectivity index (χ1v) is 6.01. The summed E-state index contributed by atoms with van der Waals surface area (Å²) >= 11 is 0. The van der Waals surface area contributed by atoms with Gasteiger partial charge in [0.15, 0.2) is 0 Å². The maximum atomic E-state index is 3.63. The Labute approximate surface area is 97.8 Å². The number of hydrogen-bond donors (Lipinski definition) is 2. The maximum Gasteiger partial charge on any atom is 0.0596 e. The molecule has 3 heteroatoms. The van der Waals surface area contributed by atoms with Gasteiger partial charge in [-0.25, -0.2) is 0 Å². The van der Waals surface area contributed by atoms with E-state index < -0.39 is 0 Å². The van der Waals surface area contributed by atoms with Gasteiger partial charge in [0.25, 0.3) is 0 Å². The highest BCUT2D eigenvalue weighted by molar-refractivity contribution is 5.69. The zero-order valence-corrected chi connectivity index (χ0v) is 10.2. The highest BCUT2D eigenvalue weighted by Crippen LogP contribution is 2.25. The molecule has 1 unspecified atom stereocenters. The zero-order chi connectivity index (χ0) is 11.4. The molecule has 1 aromatic carbocycles. The smallest absolute Gasteiger partial charge is 0.0596 e. The summed E-state index contributed by atoms with van der Waals surface area (Å²) in [6, 6.07) is 9.04. The van der Waals surface area contributed by atoms with Crippen LogP contribution in [0.2, 0.25) is 0 Å². The second-order valence-corrected chi connectivity index (χ2v) is 4.60. The maximum absolute atomic E-state index is 3.63. The van der Waals surface area contributed by atoms with E-state index in [1.54, 1.807) is 0 Å². The minimum atomic E-state index is 0.565. The van der Waals surface area contributed by atoms with Crippen molar-refractivity contribution in [3.8, 4) is 0 Å². The van der Waals surface area contributed by atoms with Crippen molar-refractivity contribution >= 4 is 11.4 Å². The lowest BCUT2D eigenvalue weighted by atomic mass is 10.1. The molecule has 1 aliphatic rings. The van der Waals surface area contributed by atoms with Crippen molar-refractivity contribution in [1.29, 1.82) is 0 Å². The van der Waals surface area contributed by atoms with Crippen LogP contribution in [0.3, 0.4) is 0 Å². The molecule has 1 aromatic rings. The van der Waals surface area contributed by atoms with Crippen molar-refractivity contribution in [3.05, 3.63) is 24.3 Å². The highest BCUT2D eigenvalue weighted by Gasteiger charge is 2.14. The van der Waals surface area contributed by atoms with Gasteiger partial charge in [-0.05, 0) is 31.5 Å². The van der Waals surface area contributed by atoms with Crippen molar-refractivity contribution < 1.29 is 0 Å². The fourth-order valence-electron chi connectivity index (χ4n) is 2.18. The van der Waals surface area contributed by atoms with E-state index in [0.717, 1.165) is 13.1 Å². The molecular weight excluding hydrogens is 198 g/mol. The number of nitrogens with zero attached hydrogens (tertiary/aromatic N) is 1. The molecule has 16 heavy (non-hydrogen) atoms. The molecule has 0 aliphatic carbocycles. The number of rotatable bonds is 3. The Hall–Kier alpha value is -1.22. The van der Waals surface area contributed by atoms with Crippen LogP contribution in [0.4, 0.5) is 11.4 Å². The summed E-state index contributed by atoms with van der Waals surface area (Å²) in [5.74, 6) is 0. The average Bonchev–Trinajstić information content (AvgIpc) is 2.31. The van der Waals surface area contributed by atoms with Gasteiger partial charge in [0.05, 0.1) is 11.4 Å². The molecule has 1 atom stereocenters. The van der Waals surface area contributed by atoms with Gasteiger partial charge >= 0.3 is 0 Å². The Morgan fingerprint density at radius 1 is 1.31 bits per heavy atom. The van der Waals surface area contributed by atoms with Crippen molar-refractivity contribution in [2.45, 2.75) is 18.9 Å². The monoisotopic (exact) mass is 219 g/mol. The molecular formula is C13H21N3. The first-order chi connectivity index (χ1) is 7.77. The molecule has 0 amide bonds. The summed E-state index contributed by atoms with van der Waals surface area (Å²) in [7, 11) is 4.17. The normalized spacial score (nSPS) is 20.5. The summed E-state index contributed by atoms with van der Waals surface area (Å²) in [5.41, 5.74) is 2.49. The van der Waals surface area contributed by atoms with Crippen molar-refractivity contribution in [2.24, 2.45) is 0 Å². The van der Waals surface area contributed by atoms with Crippen LogP contribution in [0, 0.1) is 0 Å². The first kappa shape index (κ1) is 11.3. The van der Waals surface area contributed by atoms with Crippen LogP contribution < -0.4 is 15.5 Å². The third kappa shape index (κ3) is 2.67. The fourth-order valence-corrected chi connectivity index (χ4v) is 2.18. The lowest BCUT2D eigenvalue weighted by Crippen LogP contribution is -2.38. The number of para-hydroxylation sites is 2. The lowest BCUT2D eigenvalue weighted by molar-refractivity contribution is 0.480. The predicted octanol–water partition coefficient (Wildman–Crippen LogP) is 1.92. The summed E-state index contributed by atoms with van der Waals surface area (Å²) < 4.78 is 0. The van der Waals surface area contributed by atoms with Gasteiger partial charge in [0, 0.05) is 26.7 Å². The second kappa shape index (κ2) is 5.21. The van der Waals surface area contributed by atoms with Crippen LogP contribution in [0.25, 0.3) is 0 Å². The number of hydrogen-bond acceptors (Lipinski definition) is 3. The Morgan fingerprint density at radius 3 is 2.81 bits per heavy atom. The zero-order valence-electron chi connectivity index (χ0n) is 10.2. The average molecular weight is 219 g/mol. The molecule has 1 aliphatic heterocycles. The van der Waals surface area contributed by atoms with E-state index in [-0.39, 0.29) is 0 Å². The molecule has 1 fully saturated rings. The third-order valence-electron chi connectivity index (χ3n) is 3.04. The molecule has 0 bridgehead atoms. The highest BCUT2D eigenvalue weighted by atomic mass is 15.1. The first-order valence-electron chi connectivity index (χ1n) is 6.01. The Kier molecular flexibility index (Phi) is 3.67. The van der Waals surface area contributed by atoms with Crippen LogP contribution in [0.5, 0.6) is 0 Å². The van der Waals surface area contributed by atoms with E-state index in [9.17, 15) is 0 Å². The van der Waals surface area contributed by atoms with Gasteiger partial charge in [0.2, 0.25) is 0 Å². The quantitative estimate of drug-likeness (QED) is 0.813. The van der Waals surface area contributed by atoms with Gasteiger partial charge < -0.3 is 15.5 Å². The van der Waals surface area contributed by atoms with Gasteiger partial charge in [-0.2, -0.15) is 0 Å². The van der Waals surface area contributed by atoms with Crippen molar-refractivity contribution in [3.63, 3.8) is 0 Å². The summed E-state index contributed by atoms with van der Waals surface area (Å²) in [5, 5.41) is 7.05.